The van der Waals surface area contributed by atoms with Gasteiger partial charge in [-0.15, -0.1) is 0 Å². The van der Waals surface area contributed by atoms with E-state index in [4.69, 9.17) is 0 Å². The highest BCUT2D eigenvalue weighted by atomic mass is 16.2. The number of aryl methyl sites for hydroxylation is 1. The van der Waals surface area contributed by atoms with Crippen LogP contribution >= 0.6 is 0 Å². The molecule has 0 saturated carbocycles. The van der Waals surface area contributed by atoms with Crippen molar-refractivity contribution in [2.24, 2.45) is 11.8 Å². The summed E-state index contributed by atoms with van der Waals surface area (Å²) in [6, 6.07) is 3.88. The first-order chi connectivity index (χ1) is 13.8. The Labute approximate surface area is 171 Å². The van der Waals surface area contributed by atoms with Crippen LogP contribution in [0.1, 0.15) is 55.6 Å². The molecule has 0 unspecified atom stereocenters. The summed E-state index contributed by atoms with van der Waals surface area (Å²) in [5.74, 6) is -1.02. The number of carbonyl (C=O) groups excluding carboxylic acids is 3. The molecule has 0 spiro atoms. The molecule has 1 aliphatic heterocycles. The number of piperidine rings is 1. The van der Waals surface area contributed by atoms with Crippen molar-refractivity contribution in [1.82, 2.24) is 20.9 Å². The number of nitriles is 1. The first-order valence-electron chi connectivity index (χ1n) is 10.0. The molecule has 3 atom stereocenters. The molecular formula is C21H29N5O3. The average Bonchev–Trinajstić information content (AvgIpc) is 2.68. The third-order valence-corrected chi connectivity index (χ3v) is 4.89. The lowest BCUT2D eigenvalue weighted by atomic mass is 9.91. The van der Waals surface area contributed by atoms with E-state index in [0.717, 1.165) is 12.1 Å². The Morgan fingerprint density at radius 3 is 2.69 bits per heavy atom. The Morgan fingerprint density at radius 2 is 2.10 bits per heavy atom. The molecule has 0 aromatic carbocycles. The van der Waals surface area contributed by atoms with E-state index in [1.54, 1.807) is 12.1 Å². The SMILES string of the molecule is Cc1ccc(C(=O)N[C@@H](CC(C)C)C(=O)N[C@H](C#N)C[C@@H]2CCCNC2=O)cn1. The molecule has 3 N–H and O–H groups in total. The van der Waals surface area contributed by atoms with Crippen LogP contribution in [0.4, 0.5) is 0 Å². The standard InChI is InChI=1S/C21H29N5O3/c1-13(2)9-18(26-20(28)16-7-6-14(3)24-12-16)21(29)25-17(11-22)10-15-5-4-8-23-19(15)27/h6-7,12-13,15,17-18H,4-5,8-10H2,1-3H3,(H,23,27)(H,25,29)(H,26,28)/t15-,17-,18-/m0/s1. The minimum atomic E-state index is -0.788. The molecule has 1 fully saturated rings. The lowest BCUT2D eigenvalue weighted by Gasteiger charge is -2.25. The van der Waals surface area contributed by atoms with Gasteiger partial charge < -0.3 is 16.0 Å². The van der Waals surface area contributed by atoms with Crippen molar-refractivity contribution in [2.45, 2.75) is 58.5 Å². The highest BCUT2D eigenvalue weighted by Gasteiger charge is 2.29. The number of hydrogen-bond donors (Lipinski definition) is 3. The zero-order valence-electron chi connectivity index (χ0n) is 17.2. The molecule has 29 heavy (non-hydrogen) atoms. The van der Waals surface area contributed by atoms with Gasteiger partial charge in [-0.05, 0) is 50.7 Å². The van der Waals surface area contributed by atoms with Crippen LogP contribution in [-0.2, 0) is 9.59 Å². The van der Waals surface area contributed by atoms with Crippen molar-refractivity contribution >= 4 is 17.7 Å². The second-order valence-electron chi connectivity index (χ2n) is 7.90. The number of hydrogen-bond acceptors (Lipinski definition) is 5. The van der Waals surface area contributed by atoms with E-state index in [-0.39, 0.29) is 24.2 Å². The summed E-state index contributed by atoms with van der Waals surface area (Å²) in [5, 5.41) is 17.7. The predicted molar refractivity (Wildman–Crippen MR) is 108 cm³/mol. The van der Waals surface area contributed by atoms with E-state index in [1.807, 2.05) is 20.8 Å². The van der Waals surface area contributed by atoms with Gasteiger partial charge in [0, 0.05) is 24.4 Å². The van der Waals surface area contributed by atoms with Gasteiger partial charge in [0.05, 0.1) is 11.6 Å². The first kappa shape index (κ1) is 22.3. The molecule has 8 heteroatoms. The van der Waals surface area contributed by atoms with Crippen LogP contribution in [-0.4, -0.2) is 41.3 Å². The van der Waals surface area contributed by atoms with Crippen LogP contribution in [0.25, 0.3) is 0 Å². The van der Waals surface area contributed by atoms with Gasteiger partial charge >= 0.3 is 0 Å². The maximum Gasteiger partial charge on any atom is 0.253 e. The smallest absolute Gasteiger partial charge is 0.253 e. The van der Waals surface area contributed by atoms with Crippen molar-refractivity contribution in [3.8, 4) is 6.07 Å². The average molecular weight is 399 g/mol. The molecule has 1 saturated heterocycles. The van der Waals surface area contributed by atoms with Crippen LogP contribution in [0.2, 0.25) is 0 Å². The molecule has 156 valence electrons. The Kier molecular flexibility index (Phi) is 8.13. The molecule has 1 aromatic rings. The van der Waals surface area contributed by atoms with Gasteiger partial charge in [0.25, 0.3) is 5.91 Å². The second kappa shape index (κ2) is 10.6. The Balaban J connectivity index is 2.02. The van der Waals surface area contributed by atoms with E-state index in [1.165, 1.54) is 6.20 Å². The van der Waals surface area contributed by atoms with E-state index in [0.29, 0.717) is 24.9 Å². The van der Waals surface area contributed by atoms with Crippen LogP contribution in [0.3, 0.4) is 0 Å². The molecule has 3 amide bonds. The summed E-state index contributed by atoms with van der Waals surface area (Å²) in [6.45, 7) is 6.38. The second-order valence-corrected chi connectivity index (χ2v) is 7.90. The van der Waals surface area contributed by atoms with Crippen LogP contribution in [0.15, 0.2) is 18.3 Å². The number of amides is 3. The number of pyridine rings is 1. The first-order valence-corrected chi connectivity index (χ1v) is 10.0. The summed E-state index contributed by atoms with van der Waals surface area (Å²) in [7, 11) is 0. The molecule has 1 aliphatic rings. The molecule has 2 heterocycles. The normalized spacial score (nSPS) is 18.3. The van der Waals surface area contributed by atoms with Gasteiger partial charge in [0.1, 0.15) is 12.1 Å². The predicted octanol–water partition coefficient (Wildman–Crippen LogP) is 1.46. The number of aromatic nitrogens is 1. The lowest BCUT2D eigenvalue weighted by Crippen LogP contribution is -2.51. The molecule has 1 aromatic heterocycles. The maximum atomic E-state index is 12.8. The molecule has 0 aliphatic carbocycles. The number of rotatable bonds is 8. The summed E-state index contributed by atoms with van der Waals surface area (Å²) < 4.78 is 0. The van der Waals surface area contributed by atoms with Gasteiger partial charge in [-0.25, -0.2) is 0 Å². The third-order valence-electron chi connectivity index (χ3n) is 4.89. The third kappa shape index (κ3) is 6.86. The zero-order valence-corrected chi connectivity index (χ0v) is 17.2. The topological polar surface area (TPSA) is 124 Å². The minimum absolute atomic E-state index is 0.0790. The quantitative estimate of drug-likeness (QED) is 0.610. The maximum absolute atomic E-state index is 12.8. The van der Waals surface area contributed by atoms with E-state index < -0.39 is 23.9 Å². The van der Waals surface area contributed by atoms with Crippen molar-refractivity contribution in [2.75, 3.05) is 6.54 Å². The summed E-state index contributed by atoms with van der Waals surface area (Å²) >= 11 is 0. The summed E-state index contributed by atoms with van der Waals surface area (Å²) in [4.78, 5) is 41.4. The van der Waals surface area contributed by atoms with Crippen LogP contribution in [0.5, 0.6) is 0 Å². The lowest BCUT2D eigenvalue weighted by molar-refractivity contribution is -0.128. The van der Waals surface area contributed by atoms with Crippen LogP contribution < -0.4 is 16.0 Å². The Bertz CT molecular complexity index is 770. The van der Waals surface area contributed by atoms with E-state index in [2.05, 4.69) is 27.0 Å². The highest BCUT2D eigenvalue weighted by molar-refractivity contribution is 5.97. The summed E-state index contributed by atoms with van der Waals surface area (Å²) in [5.41, 5.74) is 1.16. The fraction of sp³-hybridized carbons (Fsp3) is 0.571. The molecule has 0 bridgehead atoms. The minimum Gasteiger partial charge on any atom is -0.356 e. The van der Waals surface area contributed by atoms with Gasteiger partial charge in [0.2, 0.25) is 11.8 Å². The largest absolute Gasteiger partial charge is 0.356 e. The molecule has 0 radical (unpaired) electrons. The van der Waals surface area contributed by atoms with Crippen molar-refractivity contribution in [3.05, 3.63) is 29.6 Å². The van der Waals surface area contributed by atoms with Gasteiger partial charge in [0.15, 0.2) is 0 Å². The number of carbonyl (C=O) groups is 3. The Hall–Kier alpha value is -2.95. The van der Waals surface area contributed by atoms with Crippen molar-refractivity contribution < 1.29 is 14.4 Å². The molecule has 8 nitrogen and oxygen atoms in total. The monoisotopic (exact) mass is 399 g/mol. The van der Waals surface area contributed by atoms with Crippen molar-refractivity contribution in [1.29, 1.82) is 5.26 Å². The highest BCUT2D eigenvalue weighted by Crippen LogP contribution is 2.17. The molecular weight excluding hydrogens is 370 g/mol. The van der Waals surface area contributed by atoms with Gasteiger partial charge in [-0.1, -0.05) is 13.8 Å². The summed E-state index contributed by atoms with van der Waals surface area (Å²) in [6.07, 6.45) is 3.72. The number of nitrogens with zero attached hydrogens (tertiary/aromatic N) is 2. The van der Waals surface area contributed by atoms with Crippen molar-refractivity contribution in [3.63, 3.8) is 0 Å². The van der Waals surface area contributed by atoms with Crippen LogP contribution in [0, 0.1) is 30.1 Å². The zero-order chi connectivity index (χ0) is 21.4. The number of nitrogens with one attached hydrogen (secondary N) is 3. The Morgan fingerprint density at radius 1 is 1.34 bits per heavy atom. The van der Waals surface area contributed by atoms with E-state index in [9.17, 15) is 19.6 Å². The van der Waals surface area contributed by atoms with E-state index >= 15 is 0 Å². The fourth-order valence-electron chi connectivity index (χ4n) is 3.31. The van der Waals surface area contributed by atoms with Gasteiger partial charge in [-0.2, -0.15) is 5.26 Å². The fourth-order valence-corrected chi connectivity index (χ4v) is 3.31. The van der Waals surface area contributed by atoms with Gasteiger partial charge in [-0.3, -0.25) is 19.4 Å². The molecule has 2 rings (SSSR count).